The number of aromatic nitrogens is 4. The van der Waals surface area contributed by atoms with Crippen molar-refractivity contribution < 1.29 is 28.6 Å². The van der Waals surface area contributed by atoms with Crippen molar-refractivity contribution in [2.75, 3.05) is 0 Å². The van der Waals surface area contributed by atoms with Gasteiger partial charge in [0, 0.05) is 96.5 Å². The minimum atomic E-state index is -1.34. The van der Waals surface area contributed by atoms with Gasteiger partial charge in [0.2, 0.25) is 0 Å². The Morgan fingerprint density at radius 1 is 0.286 bits per heavy atom. The van der Waals surface area contributed by atoms with Crippen molar-refractivity contribution in [2.45, 2.75) is 53.2 Å². The third-order valence-corrected chi connectivity index (χ3v) is 15.0. The van der Waals surface area contributed by atoms with Gasteiger partial charge in [-0.1, -0.05) is 185 Å². The number of benzene rings is 8. The highest BCUT2D eigenvalue weighted by atomic mass is 16.3. The summed E-state index contributed by atoms with van der Waals surface area (Å²) in [6, 6.07) is 65.7. The molecule has 84 heavy (non-hydrogen) atoms. The van der Waals surface area contributed by atoms with Gasteiger partial charge in [-0.05, 0) is 119 Å². The van der Waals surface area contributed by atoms with E-state index >= 15 is 0 Å². The predicted octanol–water partition coefficient (Wildman–Crippen LogP) is 20.8. The van der Waals surface area contributed by atoms with Gasteiger partial charge in [0.25, 0.3) is 0 Å². The van der Waals surface area contributed by atoms with Crippen LogP contribution in [0.4, 0.5) is 0 Å². The zero-order chi connectivity index (χ0) is 64.1. The lowest BCUT2D eigenvalue weighted by Gasteiger charge is -2.04. The molecule has 0 bridgehead atoms. The number of hydrogen-bond acceptors (Lipinski definition) is 8. The van der Waals surface area contributed by atoms with Crippen molar-refractivity contribution in [2.24, 2.45) is 0 Å². The molecule has 8 aromatic heterocycles. The summed E-state index contributed by atoms with van der Waals surface area (Å²) in [5.41, 5.74) is 18.8. The van der Waals surface area contributed by atoms with Gasteiger partial charge in [-0.2, -0.15) is 0 Å². The van der Waals surface area contributed by atoms with E-state index in [-0.39, 0.29) is 0 Å². The second-order valence-corrected chi connectivity index (χ2v) is 19.9. The van der Waals surface area contributed by atoms with Crippen molar-refractivity contribution in [3.8, 4) is 44.5 Å². The fourth-order valence-corrected chi connectivity index (χ4v) is 10.7. The molecule has 0 spiro atoms. The lowest BCUT2D eigenvalue weighted by atomic mass is 10.0. The molecule has 0 unspecified atom stereocenters. The third-order valence-electron chi connectivity index (χ3n) is 15.0. The van der Waals surface area contributed by atoms with E-state index in [0.717, 1.165) is 133 Å². The van der Waals surface area contributed by atoms with E-state index in [1.54, 1.807) is 58.7 Å². The molecule has 408 valence electrons. The summed E-state index contributed by atoms with van der Waals surface area (Å²) in [4.78, 5) is 17.2. The summed E-state index contributed by atoms with van der Waals surface area (Å²) >= 11 is 0. The Bertz CT molecular complexity index is 4660. The smallest absolute Gasteiger partial charge is 0.161 e. The molecular weight excluding hydrogens is 1030 g/mol. The molecule has 0 aliphatic carbocycles. The van der Waals surface area contributed by atoms with Gasteiger partial charge < -0.3 is 17.7 Å². The van der Waals surface area contributed by atoms with Crippen LogP contribution in [0.15, 0.2) is 261 Å². The van der Waals surface area contributed by atoms with Crippen LogP contribution in [0.5, 0.6) is 0 Å². The quantitative estimate of drug-likeness (QED) is 0.148. The fraction of sp³-hybridized carbons (Fsp3) is 0.105. The molecule has 8 heteroatoms. The van der Waals surface area contributed by atoms with Crippen LogP contribution in [-0.4, -0.2) is 19.9 Å². The van der Waals surface area contributed by atoms with Crippen LogP contribution in [0, 0.1) is 0 Å². The molecule has 0 fully saturated rings. The van der Waals surface area contributed by atoms with Crippen molar-refractivity contribution in [1.82, 2.24) is 19.9 Å². The summed E-state index contributed by atoms with van der Waals surface area (Å²) in [5, 5.41) is 6.17. The highest BCUT2D eigenvalue weighted by molar-refractivity contribution is 6.11. The minimum absolute atomic E-state index is 0.663. The summed E-state index contributed by atoms with van der Waals surface area (Å²) in [6.45, 7) is 6.25. The first-order chi connectivity index (χ1) is 44.2. The highest BCUT2D eigenvalue weighted by Crippen LogP contribution is 2.39. The maximum Gasteiger partial charge on any atom is 0.161 e. The first kappa shape index (κ1) is 44.2. The molecule has 0 atom stereocenters. The van der Waals surface area contributed by atoms with Crippen molar-refractivity contribution in [3.05, 3.63) is 266 Å². The maximum absolute atomic E-state index is 7.79. The number of furan rings is 4. The van der Waals surface area contributed by atoms with Crippen molar-refractivity contribution in [1.29, 1.82) is 0 Å². The zero-order valence-corrected chi connectivity index (χ0v) is 46.5. The normalized spacial score (nSPS) is 13.4. The van der Waals surface area contributed by atoms with Gasteiger partial charge in [0.15, 0.2) is 16.7 Å². The van der Waals surface area contributed by atoms with Crippen LogP contribution in [0.25, 0.3) is 133 Å². The Hall–Kier alpha value is -10.4. The number of para-hydroxylation sites is 4. The summed E-state index contributed by atoms with van der Waals surface area (Å²) in [5.74, 6) is 0. The predicted molar refractivity (Wildman–Crippen MR) is 345 cm³/mol. The minimum Gasteiger partial charge on any atom is -0.455 e. The van der Waals surface area contributed by atoms with E-state index in [2.05, 4.69) is 19.9 Å². The molecule has 8 heterocycles. The number of pyridine rings is 4. The van der Waals surface area contributed by atoms with E-state index in [0.29, 0.717) is 22.3 Å². The molecule has 0 saturated heterocycles. The highest BCUT2D eigenvalue weighted by Gasteiger charge is 2.16. The molecule has 0 N–H and O–H groups in total. The zero-order valence-electron chi connectivity index (χ0n) is 54.5. The Morgan fingerprint density at radius 3 is 1.27 bits per heavy atom. The Balaban J connectivity index is 0.000000112. The molecule has 0 aliphatic rings. The number of hydrogen-bond donors (Lipinski definition) is 0. The molecular formula is C76H60N4O4. The van der Waals surface area contributed by atoms with Crippen LogP contribution >= 0.6 is 0 Å². The van der Waals surface area contributed by atoms with Crippen molar-refractivity contribution in [3.63, 3.8) is 0 Å². The van der Waals surface area contributed by atoms with E-state index < -0.39 is 25.5 Å². The van der Waals surface area contributed by atoms with Crippen LogP contribution in [0.2, 0.25) is 0 Å². The molecule has 8 aromatic carbocycles. The lowest BCUT2D eigenvalue weighted by Crippen LogP contribution is -1.83. The number of nitrogens with zero attached hydrogens (tertiary/aromatic N) is 4. The first-order valence-electron chi connectivity index (χ1n) is 31.6. The molecule has 0 radical (unpaired) electrons. The monoisotopic (exact) mass is 1100 g/mol. The number of fused-ring (bicyclic) bond motifs is 12. The Labute approximate surface area is 498 Å². The second-order valence-electron chi connectivity index (χ2n) is 19.9. The van der Waals surface area contributed by atoms with E-state index in [9.17, 15) is 0 Å². The molecule has 16 rings (SSSR count). The van der Waals surface area contributed by atoms with Gasteiger partial charge in [-0.3, -0.25) is 19.9 Å². The van der Waals surface area contributed by atoms with E-state index in [1.165, 1.54) is 0 Å². The standard InChI is InChI=1S/4C19H15NO/c1-2-13-8-10-14(11-9-13)15-5-3-6-16-18-17(21-19(15)16)7-4-12-20-18;1-2-13-6-8-14(9-7-13)15-4-3-5-17-16-10-11-20-12-18(16)21-19(15)17;1-2-13-6-8-14(9-7-13)15-4-3-5-16-17-12-20-11-10-18(17)21-19(15)16;1-2-13-7-9-14(10-8-13)15-11-12-20-18-16-5-3-4-6-17(16)21-19(15)18/h4*3-12H,2H2,1H3/i4*2D2. The molecule has 8 nitrogen and oxygen atoms in total. The van der Waals surface area contributed by atoms with Crippen LogP contribution in [0.1, 0.15) is 60.9 Å². The maximum atomic E-state index is 7.79. The van der Waals surface area contributed by atoms with Crippen molar-refractivity contribution >= 4 is 88.0 Å². The number of rotatable bonds is 8. The lowest BCUT2D eigenvalue weighted by molar-refractivity contribution is 0.668. The van der Waals surface area contributed by atoms with Crippen LogP contribution in [-0.2, 0) is 25.5 Å². The fourth-order valence-electron chi connectivity index (χ4n) is 10.7. The molecule has 0 amide bonds. The SMILES string of the molecule is [2H]C([2H])(C)c1ccc(-c2cccc3c2oc2cccnc23)cc1.[2H]C([2H])(C)c1ccc(-c2cccc3c2oc2ccncc23)cc1.[2H]C([2H])(C)c1ccc(-c2cccc3c2oc2cnccc23)cc1.[2H]C([2H])(C)c1ccc(-c2ccnc3c2oc2ccccc23)cc1. The average Bonchev–Trinajstić information content (AvgIpc) is 1.77. The van der Waals surface area contributed by atoms with Gasteiger partial charge in [0.05, 0.1) is 6.20 Å². The van der Waals surface area contributed by atoms with Crippen LogP contribution < -0.4 is 0 Å². The molecule has 0 aliphatic heterocycles. The van der Waals surface area contributed by atoms with Crippen LogP contribution in [0.3, 0.4) is 0 Å². The second kappa shape index (κ2) is 23.6. The third kappa shape index (κ3) is 10.3. The summed E-state index contributed by atoms with van der Waals surface area (Å²) < 4.78 is 86.4. The summed E-state index contributed by atoms with van der Waals surface area (Å²) in [7, 11) is 0. The number of aryl methyl sites for hydroxylation is 4. The molecule has 0 saturated carbocycles. The van der Waals surface area contributed by atoms with Gasteiger partial charge >= 0.3 is 0 Å². The Kier molecular flexibility index (Phi) is 12.4. The molecule has 16 aromatic rings. The van der Waals surface area contributed by atoms with Gasteiger partial charge in [0.1, 0.15) is 38.9 Å². The van der Waals surface area contributed by atoms with E-state index in [1.807, 2.05) is 212 Å². The topological polar surface area (TPSA) is 104 Å². The largest absolute Gasteiger partial charge is 0.455 e. The average molecular weight is 1100 g/mol. The van der Waals surface area contributed by atoms with Gasteiger partial charge in [-0.15, -0.1) is 0 Å². The van der Waals surface area contributed by atoms with Gasteiger partial charge in [-0.25, -0.2) is 0 Å². The van der Waals surface area contributed by atoms with E-state index in [4.69, 9.17) is 28.6 Å². The Morgan fingerprint density at radius 2 is 0.702 bits per heavy atom. The summed E-state index contributed by atoms with van der Waals surface area (Å²) in [6.07, 6.45) is 5.23. The first-order valence-corrected chi connectivity index (χ1v) is 27.6.